The van der Waals surface area contributed by atoms with Crippen LogP contribution in [0, 0.1) is 6.92 Å². The molecule has 1 aliphatic heterocycles. The molecule has 0 saturated carbocycles. The summed E-state index contributed by atoms with van der Waals surface area (Å²) in [6.07, 6.45) is 2.87. The predicted molar refractivity (Wildman–Crippen MR) is 102 cm³/mol. The number of nitrogens with zero attached hydrogens (tertiary/aromatic N) is 4. The predicted octanol–water partition coefficient (Wildman–Crippen LogP) is 3.73. The minimum Gasteiger partial charge on any atom is -0.350 e. The van der Waals surface area contributed by atoms with Crippen LogP contribution in [-0.2, 0) is 17.7 Å². The average Bonchev–Trinajstić information content (AvgIpc) is 3.33. The number of aryl methyl sites for hydroxylation is 2. The van der Waals surface area contributed by atoms with Gasteiger partial charge in [-0.25, -0.2) is 4.68 Å². The Bertz CT molecular complexity index is 854. The van der Waals surface area contributed by atoms with Crippen molar-refractivity contribution in [1.29, 1.82) is 0 Å². The van der Waals surface area contributed by atoms with E-state index in [4.69, 9.17) is 4.74 Å². The van der Waals surface area contributed by atoms with Crippen LogP contribution in [0.5, 0.6) is 0 Å². The average molecular weight is 348 g/mol. The Kier molecular flexibility index (Phi) is 4.71. The molecule has 1 saturated heterocycles. The molecule has 5 nitrogen and oxygen atoms in total. The van der Waals surface area contributed by atoms with E-state index in [2.05, 4.69) is 77.6 Å². The van der Waals surface area contributed by atoms with Crippen molar-refractivity contribution >= 4 is 5.69 Å². The Balaban J connectivity index is 1.51. The van der Waals surface area contributed by atoms with Gasteiger partial charge in [-0.05, 0) is 36.6 Å². The van der Waals surface area contributed by atoms with E-state index >= 15 is 0 Å². The molecule has 1 aromatic heterocycles. The Morgan fingerprint density at radius 2 is 1.77 bits per heavy atom. The van der Waals surface area contributed by atoms with E-state index < -0.39 is 0 Å². The topological polar surface area (TPSA) is 43.2 Å². The summed E-state index contributed by atoms with van der Waals surface area (Å²) in [5.41, 5.74) is 5.84. The number of rotatable bonds is 5. The molecule has 0 spiro atoms. The standard InChI is InChI=1S/C21H24N4O/c1-3-17-8-10-19(11-9-17)25-12-13-26-21(25)20-15-24(23-22-20)14-18-6-4-16(2)5-7-18/h4-11,15,21H,3,12-14H2,1-2H3. The molecular weight excluding hydrogens is 324 g/mol. The molecule has 4 rings (SSSR count). The third-order valence-electron chi connectivity index (χ3n) is 4.84. The highest BCUT2D eigenvalue weighted by molar-refractivity contribution is 5.49. The molecule has 26 heavy (non-hydrogen) atoms. The van der Waals surface area contributed by atoms with Gasteiger partial charge in [0.25, 0.3) is 0 Å². The molecule has 1 atom stereocenters. The van der Waals surface area contributed by atoms with Gasteiger partial charge in [0, 0.05) is 12.2 Å². The van der Waals surface area contributed by atoms with E-state index in [1.807, 2.05) is 10.9 Å². The summed E-state index contributed by atoms with van der Waals surface area (Å²) in [5, 5.41) is 8.66. The quantitative estimate of drug-likeness (QED) is 0.705. The van der Waals surface area contributed by atoms with Crippen LogP contribution >= 0.6 is 0 Å². The van der Waals surface area contributed by atoms with Gasteiger partial charge in [-0.15, -0.1) is 5.10 Å². The van der Waals surface area contributed by atoms with Crippen LogP contribution in [0.2, 0.25) is 0 Å². The highest BCUT2D eigenvalue weighted by Crippen LogP contribution is 2.31. The first-order valence-electron chi connectivity index (χ1n) is 9.15. The first kappa shape index (κ1) is 16.8. The molecule has 1 aliphatic rings. The van der Waals surface area contributed by atoms with Crippen molar-refractivity contribution in [2.24, 2.45) is 0 Å². The zero-order chi connectivity index (χ0) is 17.9. The Labute approximate surface area is 154 Å². The molecule has 2 aromatic carbocycles. The molecule has 3 aromatic rings. The van der Waals surface area contributed by atoms with Crippen molar-refractivity contribution in [3.63, 3.8) is 0 Å². The van der Waals surface area contributed by atoms with Crippen LogP contribution in [0.25, 0.3) is 0 Å². The smallest absolute Gasteiger partial charge is 0.177 e. The van der Waals surface area contributed by atoms with Gasteiger partial charge in [-0.2, -0.15) is 0 Å². The zero-order valence-corrected chi connectivity index (χ0v) is 15.3. The fraction of sp³-hybridized carbons (Fsp3) is 0.333. The van der Waals surface area contributed by atoms with Crippen molar-refractivity contribution in [1.82, 2.24) is 15.0 Å². The Hall–Kier alpha value is -2.66. The second-order valence-corrected chi connectivity index (χ2v) is 6.76. The van der Waals surface area contributed by atoms with Gasteiger partial charge in [-0.3, -0.25) is 0 Å². The second-order valence-electron chi connectivity index (χ2n) is 6.76. The lowest BCUT2D eigenvalue weighted by Crippen LogP contribution is -2.23. The van der Waals surface area contributed by atoms with Gasteiger partial charge in [0.2, 0.25) is 0 Å². The third-order valence-corrected chi connectivity index (χ3v) is 4.84. The van der Waals surface area contributed by atoms with Gasteiger partial charge < -0.3 is 9.64 Å². The SMILES string of the molecule is CCc1ccc(N2CCOC2c2cn(Cc3ccc(C)cc3)nn2)cc1. The van der Waals surface area contributed by atoms with E-state index in [-0.39, 0.29) is 6.23 Å². The van der Waals surface area contributed by atoms with E-state index in [0.29, 0.717) is 13.2 Å². The van der Waals surface area contributed by atoms with E-state index in [1.165, 1.54) is 16.7 Å². The van der Waals surface area contributed by atoms with E-state index in [9.17, 15) is 0 Å². The maximum absolute atomic E-state index is 5.95. The van der Waals surface area contributed by atoms with Crippen molar-refractivity contribution in [2.45, 2.75) is 33.0 Å². The molecular formula is C21H24N4O. The highest BCUT2D eigenvalue weighted by atomic mass is 16.5. The molecule has 0 radical (unpaired) electrons. The van der Waals surface area contributed by atoms with Gasteiger partial charge >= 0.3 is 0 Å². The Morgan fingerprint density at radius 3 is 2.50 bits per heavy atom. The van der Waals surface area contributed by atoms with Crippen LogP contribution in [0.3, 0.4) is 0 Å². The zero-order valence-electron chi connectivity index (χ0n) is 15.3. The third kappa shape index (κ3) is 3.48. The number of aromatic nitrogens is 3. The van der Waals surface area contributed by atoms with E-state index in [0.717, 1.165) is 24.3 Å². The van der Waals surface area contributed by atoms with Crippen LogP contribution < -0.4 is 4.90 Å². The molecule has 1 fully saturated rings. The first-order chi connectivity index (χ1) is 12.7. The number of hydrogen-bond acceptors (Lipinski definition) is 4. The van der Waals surface area contributed by atoms with Crippen molar-refractivity contribution < 1.29 is 4.74 Å². The molecule has 0 bridgehead atoms. The van der Waals surface area contributed by atoms with Crippen molar-refractivity contribution in [2.75, 3.05) is 18.1 Å². The minimum atomic E-state index is -0.172. The monoisotopic (exact) mass is 348 g/mol. The summed E-state index contributed by atoms with van der Waals surface area (Å²) in [4.78, 5) is 2.25. The Morgan fingerprint density at radius 1 is 1.04 bits per heavy atom. The second kappa shape index (κ2) is 7.30. The number of benzene rings is 2. The number of ether oxygens (including phenoxy) is 1. The summed E-state index contributed by atoms with van der Waals surface area (Å²) in [5.74, 6) is 0. The normalized spacial score (nSPS) is 17.0. The molecule has 134 valence electrons. The minimum absolute atomic E-state index is 0.172. The summed E-state index contributed by atoms with van der Waals surface area (Å²) in [6, 6.07) is 17.2. The largest absolute Gasteiger partial charge is 0.350 e. The summed E-state index contributed by atoms with van der Waals surface area (Å²) < 4.78 is 7.83. The first-order valence-corrected chi connectivity index (χ1v) is 9.15. The fourth-order valence-electron chi connectivity index (χ4n) is 3.29. The lowest BCUT2D eigenvalue weighted by Gasteiger charge is -2.23. The van der Waals surface area contributed by atoms with Gasteiger partial charge in [0.05, 0.1) is 19.3 Å². The van der Waals surface area contributed by atoms with Crippen LogP contribution in [0.4, 0.5) is 5.69 Å². The molecule has 1 unspecified atom stereocenters. The molecule has 0 amide bonds. The lowest BCUT2D eigenvalue weighted by molar-refractivity contribution is 0.110. The molecule has 0 N–H and O–H groups in total. The maximum Gasteiger partial charge on any atom is 0.177 e. The summed E-state index contributed by atoms with van der Waals surface area (Å²) in [7, 11) is 0. The molecule has 5 heteroatoms. The lowest BCUT2D eigenvalue weighted by atomic mass is 10.1. The van der Waals surface area contributed by atoms with Crippen molar-refractivity contribution in [3.8, 4) is 0 Å². The van der Waals surface area contributed by atoms with Gasteiger partial charge in [-0.1, -0.05) is 54.1 Å². The van der Waals surface area contributed by atoms with Crippen LogP contribution in [0.1, 0.15) is 35.5 Å². The summed E-state index contributed by atoms with van der Waals surface area (Å²) >= 11 is 0. The molecule has 0 aliphatic carbocycles. The maximum atomic E-state index is 5.95. The van der Waals surface area contributed by atoms with Crippen LogP contribution in [0.15, 0.2) is 54.7 Å². The fourth-order valence-corrected chi connectivity index (χ4v) is 3.29. The molecule has 2 heterocycles. The van der Waals surface area contributed by atoms with Crippen LogP contribution in [-0.4, -0.2) is 28.1 Å². The summed E-state index contributed by atoms with van der Waals surface area (Å²) in [6.45, 7) is 6.54. The number of hydrogen-bond donors (Lipinski definition) is 0. The van der Waals surface area contributed by atoms with Gasteiger partial charge in [0.1, 0.15) is 5.69 Å². The van der Waals surface area contributed by atoms with Crippen molar-refractivity contribution in [3.05, 3.63) is 77.1 Å². The van der Waals surface area contributed by atoms with E-state index in [1.54, 1.807) is 0 Å². The highest BCUT2D eigenvalue weighted by Gasteiger charge is 2.29. The number of anilines is 1. The van der Waals surface area contributed by atoms with Gasteiger partial charge in [0.15, 0.2) is 6.23 Å².